The summed E-state index contributed by atoms with van der Waals surface area (Å²) in [7, 11) is 0. The summed E-state index contributed by atoms with van der Waals surface area (Å²) in [5, 5.41) is 0. The minimum Gasteiger partial charge on any atom is -0.207 e. The minimum atomic E-state index is -0.0904. The monoisotopic (exact) mass is 178 g/mol. The van der Waals surface area contributed by atoms with Crippen LogP contribution in [-0.4, -0.2) is 0 Å². The molecule has 13 heavy (non-hydrogen) atoms. The van der Waals surface area contributed by atoms with Gasteiger partial charge in [-0.15, -0.1) is 0 Å². The van der Waals surface area contributed by atoms with E-state index in [4.69, 9.17) is 0 Å². The lowest BCUT2D eigenvalue weighted by molar-refractivity contribution is 0.609. The maximum absolute atomic E-state index is 13.1. The molecule has 0 aliphatic carbocycles. The molecule has 0 unspecified atom stereocenters. The highest BCUT2D eigenvalue weighted by Crippen LogP contribution is 2.08. The summed E-state index contributed by atoms with van der Waals surface area (Å²) >= 11 is 0. The molecule has 70 valence electrons. The third-order valence-corrected chi connectivity index (χ3v) is 1.94. The quantitative estimate of drug-likeness (QED) is 0.616. The summed E-state index contributed by atoms with van der Waals surface area (Å²) in [4.78, 5) is 0. The van der Waals surface area contributed by atoms with E-state index < -0.39 is 0 Å². The van der Waals surface area contributed by atoms with Crippen molar-refractivity contribution in [2.45, 2.75) is 26.2 Å². The summed E-state index contributed by atoms with van der Waals surface area (Å²) in [5.74, 6) is -0.0904. The summed E-state index contributed by atoms with van der Waals surface area (Å²) < 4.78 is 13.1. The van der Waals surface area contributed by atoms with Gasteiger partial charge in [0.1, 0.15) is 5.82 Å². The molecule has 1 aromatic rings. The molecule has 0 saturated heterocycles. The average molecular weight is 178 g/mol. The molecule has 0 fully saturated rings. The smallest absolute Gasteiger partial charge is 0.126 e. The molecule has 0 radical (unpaired) electrons. The summed E-state index contributed by atoms with van der Waals surface area (Å²) in [6.07, 6.45) is 6.99. The Morgan fingerprint density at radius 1 is 1.23 bits per heavy atom. The van der Waals surface area contributed by atoms with Crippen molar-refractivity contribution in [3.63, 3.8) is 0 Å². The molecule has 0 N–H and O–H groups in total. The Balaban J connectivity index is 2.45. The van der Waals surface area contributed by atoms with Crippen molar-refractivity contribution >= 4 is 0 Å². The lowest BCUT2D eigenvalue weighted by Crippen LogP contribution is -1.87. The Kier molecular flexibility index (Phi) is 4.24. The van der Waals surface area contributed by atoms with E-state index in [0.717, 1.165) is 24.8 Å². The fourth-order valence-electron chi connectivity index (χ4n) is 1.22. The molecule has 0 spiro atoms. The third-order valence-electron chi connectivity index (χ3n) is 1.94. The van der Waals surface area contributed by atoms with Gasteiger partial charge in [-0.05, 0) is 30.9 Å². The van der Waals surface area contributed by atoms with E-state index in [1.807, 2.05) is 12.1 Å². The van der Waals surface area contributed by atoms with Crippen molar-refractivity contribution in [3.8, 4) is 0 Å². The number of rotatable bonds is 4. The van der Waals surface area contributed by atoms with Gasteiger partial charge in [0, 0.05) is 0 Å². The summed E-state index contributed by atoms with van der Waals surface area (Å²) in [6.45, 7) is 2.10. The van der Waals surface area contributed by atoms with Crippen LogP contribution >= 0.6 is 0 Å². The zero-order valence-electron chi connectivity index (χ0n) is 7.96. The first kappa shape index (κ1) is 9.97. The fraction of sp³-hybridized carbons (Fsp3) is 0.333. The number of aryl methyl sites for hydroxylation is 1. The van der Waals surface area contributed by atoms with Crippen molar-refractivity contribution in [2.75, 3.05) is 0 Å². The van der Waals surface area contributed by atoms with E-state index in [1.165, 1.54) is 6.07 Å². The van der Waals surface area contributed by atoms with Gasteiger partial charge in [-0.2, -0.15) is 0 Å². The molecule has 0 bridgehead atoms. The number of allylic oxidation sites excluding steroid dienone is 2. The second kappa shape index (κ2) is 5.52. The molecular weight excluding hydrogens is 163 g/mol. The van der Waals surface area contributed by atoms with Crippen LogP contribution in [0, 0.1) is 5.82 Å². The summed E-state index contributed by atoms with van der Waals surface area (Å²) in [5.41, 5.74) is 0.809. The van der Waals surface area contributed by atoms with Crippen LogP contribution in [0.5, 0.6) is 0 Å². The Labute approximate surface area is 79.1 Å². The molecule has 1 rings (SSSR count). The van der Waals surface area contributed by atoms with E-state index in [2.05, 4.69) is 19.1 Å². The summed E-state index contributed by atoms with van der Waals surface area (Å²) in [6, 6.07) is 6.96. The van der Waals surface area contributed by atoms with Crippen molar-refractivity contribution in [3.05, 3.63) is 47.8 Å². The number of halogens is 1. The van der Waals surface area contributed by atoms with Gasteiger partial charge < -0.3 is 0 Å². The van der Waals surface area contributed by atoms with Crippen LogP contribution in [0.4, 0.5) is 4.39 Å². The van der Waals surface area contributed by atoms with Crippen molar-refractivity contribution in [1.29, 1.82) is 0 Å². The Morgan fingerprint density at radius 3 is 2.69 bits per heavy atom. The number of hydrogen-bond donors (Lipinski definition) is 0. The topological polar surface area (TPSA) is 0 Å². The Morgan fingerprint density at radius 2 is 2.00 bits per heavy atom. The molecule has 0 atom stereocenters. The standard InChI is InChI=1S/C12H15F/c1-2-3-4-5-8-11-9-6-7-10-12(11)13/h3-4,6-7,9-10H,2,5,8H2,1H3/b4-3+. The van der Waals surface area contributed by atoms with Crippen LogP contribution in [-0.2, 0) is 6.42 Å². The second-order valence-corrected chi connectivity index (χ2v) is 3.01. The molecule has 0 nitrogen and oxygen atoms in total. The average Bonchev–Trinajstić information content (AvgIpc) is 2.15. The van der Waals surface area contributed by atoms with E-state index >= 15 is 0 Å². The number of hydrogen-bond acceptors (Lipinski definition) is 0. The van der Waals surface area contributed by atoms with Crippen LogP contribution in [0.2, 0.25) is 0 Å². The van der Waals surface area contributed by atoms with Gasteiger partial charge in [-0.3, -0.25) is 0 Å². The molecule has 0 saturated carbocycles. The normalized spacial score (nSPS) is 10.9. The van der Waals surface area contributed by atoms with Crippen molar-refractivity contribution in [1.82, 2.24) is 0 Å². The van der Waals surface area contributed by atoms with Gasteiger partial charge in [-0.25, -0.2) is 4.39 Å². The van der Waals surface area contributed by atoms with Crippen molar-refractivity contribution in [2.24, 2.45) is 0 Å². The zero-order chi connectivity index (χ0) is 9.52. The van der Waals surface area contributed by atoms with E-state index in [0.29, 0.717) is 0 Å². The van der Waals surface area contributed by atoms with E-state index in [-0.39, 0.29) is 5.82 Å². The first-order chi connectivity index (χ1) is 6.34. The predicted octanol–water partition coefficient (Wildman–Crippen LogP) is 3.72. The third kappa shape index (κ3) is 3.41. The van der Waals surface area contributed by atoms with Crippen molar-refractivity contribution < 1.29 is 4.39 Å². The molecule has 1 heteroatoms. The molecular formula is C12H15F. The highest BCUT2D eigenvalue weighted by Gasteiger charge is 1.97. The lowest BCUT2D eigenvalue weighted by atomic mass is 10.1. The zero-order valence-corrected chi connectivity index (χ0v) is 7.96. The SMILES string of the molecule is CC/C=C/CCc1ccccc1F. The number of benzene rings is 1. The van der Waals surface area contributed by atoms with Crippen LogP contribution in [0.25, 0.3) is 0 Å². The highest BCUT2D eigenvalue weighted by atomic mass is 19.1. The molecule has 0 heterocycles. The Bertz CT molecular complexity index is 276. The first-order valence-corrected chi connectivity index (χ1v) is 4.73. The van der Waals surface area contributed by atoms with Gasteiger partial charge in [0.05, 0.1) is 0 Å². The second-order valence-electron chi connectivity index (χ2n) is 3.01. The largest absolute Gasteiger partial charge is 0.207 e. The van der Waals surface area contributed by atoms with Gasteiger partial charge in [-0.1, -0.05) is 37.3 Å². The van der Waals surface area contributed by atoms with Gasteiger partial charge in [0.2, 0.25) is 0 Å². The lowest BCUT2D eigenvalue weighted by Gasteiger charge is -1.98. The highest BCUT2D eigenvalue weighted by molar-refractivity contribution is 5.17. The van der Waals surface area contributed by atoms with Crippen LogP contribution in [0.3, 0.4) is 0 Å². The molecule has 0 aromatic heterocycles. The molecule has 0 amide bonds. The van der Waals surface area contributed by atoms with Crippen LogP contribution in [0.1, 0.15) is 25.3 Å². The first-order valence-electron chi connectivity index (χ1n) is 4.73. The molecule has 1 aromatic carbocycles. The van der Waals surface area contributed by atoms with Gasteiger partial charge >= 0.3 is 0 Å². The van der Waals surface area contributed by atoms with Crippen LogP contribution < -0.4 is 0 Å². The fourth-order valence-corrected chi connectivity index (χ4v) is 1.22. The maximum Gasteiger partial charge on any atom is 0.126 e. The van der Waals surface area contributed by atoms with E-state index in [1.54, 1.807) is 6.07 Å². The van der Waals surface area contributed by atoms with E-state index in [9.17, 15) is 4.39 Å². The molecule has 0 aliphatic heterocycles. The van der Waals surface area contributed by atoms with Gasteiger partial charge in [0.25, 0.3) is 0 Å². The minimum absolute atomic E-state index is 0.0904. The maximum atomic E-state index is 13.1. The Hall–Kier alpha value is -1.11. The van der Waals surface area contributed by atoms with Gasteiger partial charge in [0.15, 0.2) is 0 Å². The predicted molar refractivity (Wildman–Crippen MR) is 54.2 cm³/mol. The van der Waals surface area contributed by atoms with Crippen LogP contribution in [0.15, 0.2) is 36.4 Å². The molecule has 0 aliphatic rings.